The van der Waals surface area contributed by atoms with Crippen molar-refractivity contribution in [2.75, 3.05) is 0 Å². The van der Waals surface area contributed by atoms with Crippen LogP contribution in [0.1, 0.15) is 5.56 Å². The van der Waals surface area contributed by atoms with Gasteiger partial charge in [-0.15, -0.1) is 0 Å². The number of aliphatic imine (C=N–C) groups is 1. The van der Waals surface area contributed by atoms with Gasteiger partial charge in [0, 0.05) is 0 Å². The molecule has 1 radical (unpaired) electrons. The Balaban J connectivity index is 2.15. The Bertz CT molecular complexity index is 600. The number of hydrogen-bond acceptors (Lipinski definition) is 1. The number of amidine groups is 1. The molecule has 0 aliphatic carbocycles. The molecule has 0 atom stereocenters. The van der Waals surface area contributed by atoms with E-state index in [0.717, 1.165) is 10.0 Å². The number of nitrogens with two attached hydrogens (primary N) is 1. The third-order valence-corrected chi connectivity index (χ3v) is 9.99. The van der Waals surface area contributed by atoms with Crippen LogP contribution in [0.5, 0.6) is 0 Å². The molecule has 0 aliphatic heterocycles. The Kier molecular flexibility index (Phi) is 5.86. The third-order valence-electron chi connectivity index (χ3n) is 2.73. The SMILES string of the molecule is NC(=NCc1ccc(Br)cc1)[P+]([Se])([Se-])c1ccccc1. The van der Waals surface area contributed by atoms with Gasteiger partial charge in [-0.3, -0.25) is 0 Å². The van der Waals surface area contributed by atoms with E-state index in [4.69, 9.17) is 5.73 Å². The molecule has 0 saturated heterocycles. The summed E-state index contributed by atoms with van der Waals surface area (Å²) in [4.78, 5) is 4.54. The van der Waals surface area contributed by atoms with Gasteiger partial charge >= 0.3 is 144 Å². The minimum atomic E-state index is -1.76. The molecule has 0 unspecified atom stereocenters. The van der Waals surface area contributed by atoms with E-state index >= 15 is 0 Å². The molecular formula is C14H13BrN2PSe2. The second-order valence-electron chi connectivity index (χ2n) is 4.19. The number of nitrogens with zero attached hydrogens (tertiary/aromatic N) is 1. The zero-order chi connectivity index (χ0) is 14.6. The molecule has 0 amide bonds. The van der Waals surface area contributed by atoms with Gasteiger partial charge in [0.2, 0.25) is 0 Å². The van der Waals surface area contributed by atoms with Crippen molar-refractivity contribution < 1.29 is 0 Å². The third kappa shape index (κ3) is 4.18. The molecule has 6 heteroatoms. The molecule has 0 bridgehead atoms. The Labute approximate surface area is 143 Å². The summed E-state index contributed by atoms with van der Waals surface area (Å²) in [5, 5.41) is 1.18. The van der Waals surface area contributed by atoms with E-state index in [0.29, 0.717) is 12.1 Å². The molecule has 0 aromatic heterocycles. The van der Waals surface area contributed by atoms with Gasteiger partial charge in [-0.2, -0.15) is 0 Å². The van der Waals surface area contributed by atoms with E-state index in [9.17, 15) is 0 Å². The van der Waals surface area contributed by atoms with Gasteiger partial charge in [0.15, 0.2) is 0 Å². The van der Waals surface area contributed by atoms with Crippen LogP contribution in [0.25, 0.3) is 0 Å². The van der Waals surface area contributed by atoms with Gasteiger partial charge in [-0.05, 0) is 0 Å². The fourth-order valence-electron chi connectivity index (χ4n) is 1.61. The Morgan fingerprint density at radius 1 is 1.15 bits per heavy atom. The molecular weight excluding hydrogens is 465 g/mol. The van der Waals surface area contributed by atoms with Crippen LogP contribution in [0.4, 0.5) is 0 Å². The number of hydrogen-bond donors (Lipinski definition) is 1. The van der Waals surface area contributed by atoms with Crippen molar-refractivity contribution in [1.29, 1.82) is 0 Å². The summed E-state index contributed by atoms with van der Waals surface area (Å²) in [5.74, 6) is 0. The fraction of sp³-hybridized carbons (Fsp3) is 0.0714. The average molecular weight is 478 g/mol. The molecule has 2 N–H and O–H groups in total. The Morgan fingerprint density at radius 2 is 1.75 bits per heavy atom. The Morgan fingerprint density at radius 3 is 2.35 bits per heavy atom. The van der Waals surface area contributed by atoms with Gasteiger partial charge in [0.25, 0.3) is 0 Å². The topological polar surface area (TPSA) is 38.4 Å². The van der Waals surface area contributed by atoms with Crippen LogP contribution < -0.4 is 11.0 Å². The van der Waals surface area contributed by atoms with E-state index in [1.54, 1.807) is 0 Å². The van der Waals surface area contributed by atoms with Crippen molar-refractivity contribution in [3.05, 3.63) is 64.6 Å². The average Bonchev–Trinajstić information content (AvgIpc) is 2.47. The molecule has 0 heterocycles. The van der Waals surface area contributed by atoms with Crippen LogP contribution in [0.3, 0.4) is 0 Å². The van der Waals surface area contributed by atoms with E-state index in [1.165, 1.54) is 5.30 Å². The van der Waals surface area contributed by atoms with Crippen LogP contribution in [-0.2, 0) is 6.54 Å². The Hall–Kier alpha value is -0.141. The first kappa shape index (κ1) is 16.2. The van der Waals surface area contributed by atoms with Crippen molar-refractivity contribution in [3.63, 3.8) is 0 Å². The normalized spacial score (nSPS) is 14.8. The summed E-state index contributed by atoms with van der Waals surface area (Å²) in [7, 11) is 0. The van der Waals surface area contributed by atoms with Crippen LogP contribution in [0, 0.1) is 0 Å². The second kappa shape index (κ2) is 7.22. The first-order valence-electron chi connectivity index (χ1n) is 5.92. The molecule has 0 saturated carbocycles. The maximum atomic E-state index is 6.19. The zero-order valence-corrected chi connectivity index (χ0v) is 16.5. The van der Waals surface area contributed by atoms with Crippen molar-refractivity contribution in [2.24, 2.45) is 10.7 Å². The summed E-state index contributed by atoms with van der Waals surface area (Å²) < 4.78 is -0.697. The van der Waals surface area contributed by atoms with E-state index in [-0.39, 0.29) is 0 Å². The molecule has 2 nitrogen and oxygen atoms in total. The van der Waals surface area contributed by atoms with Crippen molar-refractivity contribution in [3.8, 4) is 0 Å². The summed E-state index contributed by atoms with van der Waals surface area (Å²) in [6.07, 6.45) is 0. The standard InChI is InChI=1S/C14H13BrN2PSe2/c15-12-8-6-11(7-9-12)10-17-14(16)18(19,20)13-4-2-1-3-5-13/h1-9H,10H2,(H2,16,17). The summed E-state index contributed by atoms with van der Waals surface area (Å²) in [5.41, 5.74) is 7.99. The number of rotatable bonds is 4. The van der Waals surface area contributed by atoms with E-state index < -0.39 is 4.64 Å². The monoisotopic (exact) mass is 479 g/mol. The summed E-state index contributed by atoms with van der Waals surface area (Å²) in [6.45, 7) is 0.594. The van der Waals surface area contributed by atoms with Crippen molar-refractivity contribution in [2.45, 2.75) is 6.54 Å². The van der Waals surface area contributed by atoms with Crippen LogP contribution in [0.15, 0.2) is 64.1 Å². The van der Waals surface area contributed by atoms with Crippen molar-refractivity contribution >= 4 is 62.6 Å². The second-order valence-corrected chi connectivity index (χ2v) is 17.6. The fourth-order valence-corrected chi connectivity index (χ4v) is 5.22. The molecule has 103 valence electrons. The molecule has 0 fully saturated rings. The van der Waals surface area contributed by atoms with Crippen LogP contribution in [0.2, 0.25) is 0 Å². The zero-order valence-electron chi connectivity index (χ0n) is 10.6. The minimum absolute atomic E-state index is 0.594. The maximum absolute atomic E-state index is 6.19. The number of halogens is 1. The van der Waals surface area contributed by atoms with E-state index in [2.05, 4.69) is 64.2 Å². The van der Waals surface area contributed by atoms with Crippen LogP contribution >= 0.6 is 20.6 Å². The van der Waals surface area contributed by atoms with Crippen LogP contribution in [-0.4, -0.2) is 36.7 Å². The van der Waals surface area contributed by atoms with E-state index in [1.807, 2.05) is 42.5 Å². The molecule has 20 heavy (non-hydrogen) atoms. The van der Waals surface area contributed by atoms with Gasteiger partial charge in [0.1, 0.15) is 0 Å². The van der Waals surface area contributed by atoms with Gasteiger partial charge in [-0.1, -0.05) is 0 Å². The van der Waals surface area contributed by atoms with Gasteiger partial charge < -0.3 is 0 Å². The van der Waals surface area contributed by atoms with Crippen molar-refractivity contribution in [1.82, 2.24) is 0 Å². The van der Waals surface area contributed by atoms with Gasteiger partial charge in [0.05, 0.1) is 0 Å². The number of benzene rings is 2. The molecule has 2 rings (SSSR count). The predicted molar refractivity (Wildman–Crippen MR) is 94.0 cm³/mol. The predicted octanol–water partition coefficient (Wildman–Crippen LogP) is 2.77. The first-order valence-corrected chi connectivity index (χ1v) is 12.9. The molecule has 2 aromatic carbocycles. The first-order chi connectivity index (χ1) is 9.50. The molecule has 0 spiro atoms. The quantitative estimate of drug-likeness (QED) is 0.313. The van der Waals surface area contributed by atoms with Gasteiger partial charge in [-0.25, -0.2) is 0 Å². The molecule has 0 aliphatic rings. The molecule has 2 aromatic rings. The summed E-state index contributed by atoms with van der Waals surface area (Å²) >= 11 is 9.84. The summed E-state index contributed by atoms with van der Waals surface area (Å²) in [6, 6.07) is 18.3.